The van der Waals surface area contributed by atoms with Gasteiger partial charge in [-0.1, -0.05) is 0 Å². The minimum Gasteiger partial charge on any atom is -0.389 e. The minimum atomic E-state index is -1.35. The fraction of sp³-hybridized carbons (Fsp3) is 0.417. The lowest BCUT2D eigenvalue weighted by Crippen LogP contribution is -2.22. The van der Waals surface area contributed by atoms with Gasteiger partial charge in [0.15, 0.2) is 6.10 Å². The quantitative estimate of drug-likeness (QED) is 0.543. The number of rotatable bonds is 1. The van der Waals surface area contributed by atoms with Crippen molar-refractivity contribution in [1.82, 2.24) is 0 Å². The summed E-state index contributed by atoms with van der Waals surface area (Å²) >= 11 is 0. The number of aliphatic hydroxyl groups is 3. The van der Waals surface area contributed by atoms with Crippen LogP contribution in [0.3, 0.4) is 0 Å². The first-order chi connectivity index (χ1) is 8.97. The number of fused-ring (bicyclic) bond motifs is 1. The molecule has 1 aromatic carbocycles. The minimum absolute atomic E-state index is 0.118. The molecule has 19 heavy (non-hydrogen) atoms. The van der Waals surface area contributed by atoms with Crippen LogP contribution in [0.15, 0.2) is 12.1 Å². The van der Waals surface area contributed by atoms with Gasteiger partial charge >= 0.3 is 0 Å². The van der Waals surface area contributed by atoms with Gasteiger partial charge in [-0.3, -0.25) is 4.79 Å². The predicted octanol–water partition coefficient (Wildman–Crippen LogP) is -0.647. The number of hydrogen-bond acceptors (Lipinski definition) is 5. The van der Waals surface area contributed by atoms with Crippen molar-refractivity contribution in [3.05, 3.63) is 23.5 Å². The van der Waals surface area contributed by atoms with Crippen LogP contribution < -0.4 is 10.2 Å². The molecule has 1 aromatic rings. The molecule has 7 heteroatoms. The topological polar surface area (TPSA) is 93.0 Å². The highest BCUT2D eigenvalue weighted by atomic mass is 19.1. The summed E-state index contributed by atoms with van der Waals surface area (Å²) in [5.41, 5.74) is 0.736. The Morgan fingerprint density at radius 1 is 1.21 bits per heavy atom. The van der Waals surface area contributed by atoms with Crippen LogP contribution in [0.1, 0.15) is 11.7 Å². The van der Waals surface area contributed by atoms with E-state index in [4.69, 9.17) is 0 Å². The molecule has 3 unspecified atom stereocenters. The van der Waals surface area contributed by atoms with E-state index < -0.39 is 30.0 Å². The van der Waals surface area contributed by atoms with Crippen LogP contribution in [0, 0.1) is 5.82 Å². The number of hydrogen-bond donors (Lipinski definition) is 4. The molecule has 6 nitrogen and oxygen atoms in total. The summed E-state index contributed by atoms with van der Waals surface area (Å²) in [5, 5.41) is 30.9. The zero-order valence-electron chi connectivity index (χ0n) is 9.88. The van der Waals surface area contributed by atoms with E-state index in [-0.39, 0.29) is 24.3 Å². The number of halogens is 1. The maximum Gasteiger partial charge on any atom is 0.257 e. The van der Waals surface area contributed by atoms with Gasteiger partial charge in [-0.2, -0.15) is 0 Å². The fourth-order valence-corrected chi connectivity index (χ4v) is 2.46. The molecule has 0 radical (unpaired) electrons. The van der Waals surface area contributed by atoms with Crippen molar-refractivity contribution < 1.29 is 24.5 Å². The summed E-state index contributed by atoms with van der Waals surface area (Å²) in [4.78, 5) is 12.8. The lowest BCUT2D eigenvalue weighted by molar-refractivity contribution is -0.123. The summed E-state index contributed by atoms with van der Waals surface area (Å²) in [7, 11) is 0. The second kappa shape index (κ2) is 4.16. The molecule has 2 heterocycles. The standard InChI is InChI=1S/C12H13FN2O4/c13-6-1-5-7(14-12(19)11(5)18)2-8(6)15-3-9(16)10(17)4-15/h1-2,9-11,16-18H,3-4H2,(H,14,19). The molecule has 0 spiro atoms. The summed E-state index contributed by atoms with van der Waals surface area (Å²) in [5.74, 6) is -1.19. The van der Waals surface area contributed by atoms with Gasteiger partial charge in [0.05, 0.1) is 17.9 Å². The van der Waals surface area contributed by atoms with E-state index in [1.54, 1.807) is 0 Å². The van der Waals surface area contributed by atoms with Gasteiger partial charge in [0.1, 0.15) is 5.82 Å². The van der Waals surface area contributed by atoms with Crippen molar-refractivity contribution in [2.24, 2.45) is 0 Å². The lowest BCUT2D eigenvalue weighted by atomic mass is 10.1. The first-order valence-electron chi connectivity index (χ1n) is 5.91. The van der Waals surface area contributed by atoms with Gasteiger partial charge in [-0.15, -0.1) is 0 Å². The molecule has 1 saturated heterocycles. The zero-order chi connectivity index (χ0) is 13.7. The van der Waals surface area contributed by atoms with Gasteiger partial charge in [0.25, 0.3) is 5.91 Å². The number of anilines is 2. The Morgan fingerprint density at radius 3 is 2.47 bits per heavy atom. The zero-order valence-corrected chi connectivity index (χ0v) is 9.88. The second-order valence-corrected chi connectivity index (χ2v) is 4.82. The molecule has 3 atom stereocenters. The molecule has 1 amide bonds. The van der Waals surface area contributed by atoms with Crippen molar-refractivity contribution >= 4 is 17.3 Å². The van der Waals surface area contributed by atoms with Crippen LogP contribution in [0.4, 0.5) is 15.8 Å². The van der Waals surface area contributed by atoms with Crippen molar-refractivity contribution in [1.29, 1.82) is 0 Å². The van der Waals surface area contributed by atoms with Crippen molar-refractivity contribution in [3.8, 4) is 0 Å². The smallest absolute Gasteiger partial charge is 0.257 e. The maximum absolute atomic E-state index is 14.0. The number of nitrogens with zero attached hydrogens (tertiary/aromatic N) is 1. The molecule has 3 rings (SSSR count). The number of carbonyl (C=O) groups is 1. The van der Waals surface area contributed by atoms with E-state index in [0.717, 1.165) is 6.07 Å². The van der Waals surface area contributed by atoms with E-state index in [1.165, 1.54) is 11.0 Å². The highest BCUT2D eigenvalue weighted by Crippen LogP contribution is 2.36. The molecule has 0 saturated carbocycles. The molecular weight excluding hydrogens is 255 g/mol. The molecule has 0 aromatic heterocycles. The predicted molar refractivity (Wildman–Crippen MR) is 64.2 cm³/mol. The maximum atomic E-state index is 14.0. The largest absolute Gasteiger partial charge is 0.389 e. The van der Waals surface area contributed by atoms with Crippen LogP contribution in [-0.4, -0.2) is 46.5 Å². The van der Waals surface area contributed by atoms with Crippen LogP contribution in [0.5, 0.6) is 0 Å². The van der Waals surface area contributed by atoms with Gasteiger partial charge in [-0.05, 0) is 12.1 Å². The molecule has 1 fully saturated rings. The monoisotopic (exact) mass is 268 g/mol. The van der Waals surface area contributed by atoms with Gasteiger partial charge in [0.2, 0.25) is 0 Å². The third kappa shape index (κ3) is 1.86. The Kier molecular flexibility index (Phi) is 2.70. The molecule has 2 aliphatic heterocycles. The molecular formula is C12H13FN2O4. The second-order valence-electron chi connectivity index (χ2n) is 4.82. The first kappa shape index (κ1) is 12.3. The van der Waals surface area contributed by atoms with E-state index in [0.29, 0.717) is 5.69 Å². The van der Waals surface area contributed by atoms with Crippen molar-refractivity contribution in [2.75, 3.05) is 23.3 Å². The summed E-state index contributed by atoms with van der Waals surface area (Å²) in [6.07, 6.45) is -3.20. The van der Waals surface area contributed by atoms with Crippen LogP contribution in [-0.2, 0) is 4.79 Å². The first-order valence-corrected chi connectivity index (χ1v) is 5.91. The molecule has 0 aliphatic carbocycles. The molecule has 4 N–H and O–H groups in total. The third-order valence-corrected chi connectivity index (χ3v) is 3.52. The number of amides is 1. The molecule has 2 aliphatic rings. The normalized spacial score (nSPS) is 29.6. The Balaban J connectivity index is 1.97. The summed E-state index contributed by atoms with van der Waals surface area (Å²) in [6.45, 7) is 0.237. The number of nitrogens with one attached hydrogen (secondary N) is 1. The van der Waals surface area contributed by atoms with E-state index in [1.807, 2.05) is 0 Å². The lowest BCUT2D eigenvalue weighted by Gasteiger charge is -2.19. The Bertz CT molecular complexity index is 541. The number of β-amino-alcohol motifs (C(OH)–C–C–N with tert-alkyl or cyclic N) is 2. The fourth-order valence-electron chi connectivity index (χ4n) is 2.46. The number of aliphatic hydroxyl groups excluding tert-OH is 3. The van der Waals surface area contributed by atoms with Gasteiger partial charge in [-0.25, -0.2) is 4.39 Å². The van der Waals surface area contributed by atoms with Gasteiger partial charge < -0.3 is 25.5 Å². The van der Waals surface area contributed by atoms with Crippen molar-refractivity contribution in [2.45, 2.75) is 18.3 Å². The molecule has 0 bridgehead atoms. The Hall–Kier alpha value is -1.70. The SMILES string of the molecule is O=C1Nc2cc(N3CC(O)C(O)C3)c(F)cc2C1O. The van der Waals surface area contributed by atoms with Crippen LogP contribution in [0.25, 0.3) is 0 Å². The summed E-state index contributed by atoms with van der Waals surface area (Å²) in [6, 6.07) is 2.51. The van der Waals surface area contributed by atoms with E-state index >= 15 is 0 Å². The molecule has 102 valence electrons. The summed E-state index contributed by atoms with van der Waals surface area (Å²) < 4.78 is 14.0. The average molecular weight is 268 g/mol. The van der Waals surface area contributed by atoms with E-state index in [9.17, 15) is 24.5 Å². The number of carbonyl (C=O) groups excluding carboxylic acids is 1. The highest BCUT2D eigenvalue weighted by Gasteiger charge is 2.34. The van der Waals surface area contributed by atoms with Crippen molar-refractivity contribution in [3.63, 3.8) is 0 Å². The van der Waals surface area contributed by atoms with Crippen LogP contribution >= 0.6 is 0 Å². The average Bonchev–Trinajstić information content (AvgIpc) is 2.82. The van der Waals surface area contributed by atoms with E-state index in [2.05, 4.69) is 5.32 Å². The number of benzene rings is 1. The Morgan fingerprint density at radius 2 is 1.84 bits per heavy atom. The highest BCUT2D eigenvalue weighted by molar-refractivity contribution is 6.02. The third-order valence-electron chi connectivity index (χ3n) is 3.52. The Labute approximate surface area is 108 Å². The van der Waals surface area contributed by atoms with Gasteiger partial charge in [0, 0.05) is 24.3 Å². The van der Waals surface area contributed by atoms with Crippen LogP contribution in [0.2, 0.25) is 0 Å².